The number of nitrogens with one attached hydrogen (secondary N) is 2. The summed E-state index contributed by atoms with van der Waals surface area (Å²) < 4.78 is 18.2. The van der Waals surface area contributed by atoms with Crippen LogP contribution in [0.15, 0.2) is 34.9 Å². The summed E-state index contributed by atoms with van der Waals surface area (Å²) in [6, 6.07) is 5.96. The third-order valence-electron chi connectivity index (χ3n) is 2.95. The highest BCUT2D eigenvalue weighted by Crippen LogP contribution is 2.18. The van der Waals surface area contributed by atoms with Gasteiger partial charge in [-0.1, -0.05) is 0 Å². The van der Waals surface area contributed by atoms with Gasteiger partial charge >= 0.3 is 0 Å². The third-order valence-corrected chi connectivity index (χ3v) is 2.95. The Kier molecular flexibility index (Phi) is 5.45. The van der Waals surface area contributed by atoms with Crippen LogP contribution in [0.1, 0.15) is 12.1 Å². The van der Waals surface area contributed by atoms with Crippen LogP contribution in [0.2, 0.25) is 0 Å². The van der Waals surface area contributed by atoms with Gasteiger partial charge in [0.15, 0.2) is 0 Å². The number of carbonyl (C=O) groups is 1. The number of hydrogen-bond acceptors (Lipinski definition) is 4. The van der Waals surface area contributed by atoms with Crippen LogP contribution in [0, 0.1) is 5.82 Å². The van der Waals surface area contributed by atoms with Crippen LogP contribution in [0.5, 0.6) is 0 Å². The fraction of sp³-hybridized carbons (Fsp3) is 0.333. The zero-order valence-electron chi connectivity index (χ0n) is 11.9. The molecule has 0 unspecified atom stereocenters. The third kappa shape index (κ3) is 4.68. The lowest BCUT2D eigenvalue weighted by molar-refractivity contribution is -0.120. The first-order valence-electron chi connectivity index (χ1n) is 6.80. The van der Waals surface area contributed by atoms with Crippen molar-refractivity contribution in [3.63, 3.8) is 0 Å². The van der Waals surface area contributed by atoms with E-state index in [0.717, 1.165) is 11.3 Å². The molecular weight excluding hydrogens is 273 g/mol. The van der Waals surface area contributed by atoms with Gasteiger partial charge in [0.25, 0.3) is 0 Å². The minimum Gasteiger partial charge on any atom is -0.444 e. The number of nitrogens with zero attached hydrogens (tertiary/aromatic N) is 1. The van der Waals surface area contributed by atoms with Crippen molar-refractivity contribution in [2.75, 3.05) is 20.1 Å². The molecule has 2 aromatic rings. The quantitative estimate of drug-likeness (QED) is 0.815. The van der Waals surface area contributed by atoms with Crippen LogP contribution >= 0.6 is 0 Å². The van der Waals surface area contributed by atoms with Crippen LogP contribution in [-0.2, 0) is 11.2 Å². The standard InChI is InChI=1S/C15H18FN3O2/c1-17-8-7-14(20)18-9-6-13-10-21-15(19-13)11-2-4-12(16)5-3-11/h2-5,10,17H,6-9H2,1H3,(H,18,20). The molecule has 21 heavy (non-hydrogen) atoms. The molecule has 0 saturated heterocycles. The Morgan fingerprint density at radius 3 is 2.76 bits per heavy atom. The number of halogens is 1. The highest BCUT2D eigenvalue weighted by molar-refractivity contribution is 5.76. The van der Waals surface area contributed by atoms with Gasteiger partial charge in [-0.3, -0.25) is 4.79 Å². The zero-order chi connectivity index (χ0) is 15.1. The van der Waals surface area contributed by atoms with Crippen molar-refractivity contribution in [1.29, 1.82) is 0 Å². The minimum atomic E-state index is -0.296. The highest BCUT2D eigenvalue weighted by Gasteiger charge is 2.07. The Hall–Kier alpha value is -2.21. The first kappa shape index (κ1) is 15.2. The van der Waals surface area contributed by atoms with Crippen LogP contribution in [0.3, 0.4) is 0 Å². The summed E-state index contributed by atoms with van der Waals surface area (Å²) in [7, 11) is 1.81. The first-order valence-corrected chi connectivity index (χ1v) is 6.80. The Bertz CT molecular complexity index is 581. The number of rotatable bonds is 7. The Morgan fingerprint density at radius 1 is 1.29 bits per heavy atom. The summed E-state index contributed by atoms with van der Waals surface area (Å²) in [5.74, 6) is 0.160. The molecule has 112 valence electrons. The summed E-state index contributed by atoms with van der Waals surface area (Å²) in [4.78, 5) is 15.7. The summed E-state index contributed by atoms with van der Waals surface area (Å²) in [6.45, 7) is 1.17. The molecule has 0 radical (unpaired) electrons. The van der Waals surface area contributed by atoms with Gasteiger partial charge in [0.2, 0.25) is 11.8 Å². The van der Waals surface area contributed by atoms with Gasteiger partial charge in [0.1, 0.15) is 12.1 Å². The van der Waals surface area contributed by atoms with Gasteiger partial charge in [-0.15, -0.1) is 0 Å². The lowest BCUT2D eigenvalue weighted by Crippen LogP contribution is -2.28. The average Bonchev–Trinajstić information content (AvgIpc) is 2.95. The van der Waals surface area contributed by atoms with Gasteiger partial charge in [0.05, 0.1) is 5.69 Å². The SMILES string of the molecule is CNCCC(=O)NCCc1coc(-c2ccc(F)cc2)n1. The van der Waals surface area contributed by atoms with E-state index in [1.165, 1.54) is 12.1 Å². The first-order chi connectivity index (χ1) is 10.2. The number of hydrogen-bond donors (Lipinski definition) is 2. The van der Waals surface area contributed by atoms with Gasteiger partial charge in [-0.2, -0.15) is 0 Å². The summed E-state index contributed by atoms with van der Waals surface area (Å²) in [5.41, 5.74) is 1.48. The van der Waals surface area contributed by atoms with Gasteiger partial charge in [0, 0.05) is 31.5 Å². The van der Waals surface area contributed by atoms with Crippen molar-refractivity contribution >= 4 is 5.91 Å². The normalized spacial score (nSPS) is 10.6. The molecule has 0 spiro atoms. The van der Waals surface area contributed by atoms with E-state index in [-0.39, 0.29) is 11.7 Å². The second-order valence-electron chi connectivity index (χ2n) is 4.60. The molecule has 2 N–H and O–H groups in total. The van der Waals surface area contributed by atoms with E-state index in [1.807, 2.05) is 0 Å². The number of aromatic nitrogens is 1. The van der Waals surface area contributed by atoms with E-state index in [0.29, 0.717) is 31.8 Å². The number of benzene rings is 1. The number of amides is 1. The van der Waals surface area contributed by atoms with Crippen molar-refractivity contribution < 1.29 is 13.6 Å². The summed E-state index contributed by atoms with van der Waals surface area (Å²) >= 11 is 0. The molecule has 0 atom stereocenters. The largest absolute Gasteiger partial charge is 0.444 e. The molecule has 0 bridgehead atoms. The van der Waals surface area contributed by atoms with Crippen LogP contribution in [0.4, 0.5) is 4.39 Å². The molecule has 0 aliphatic heterocycles. The second-order valence-corrected chi connectivity index (χ2v) is 4.60. The fourth-order valence-electron chi connectivity index (χ4n) is 1.80. The molecule has 0 aliphatic rings. The molecule has 1 amide bonds. The molecule has 0 fully saturated rings. The minimum absolute atomic E-state index is 0.00611. The summed E-state index contributed by atoms with van der Waals surface area (Å²) in [6.07, 6.45) is 2.60. The van der Waals surface area contributed by atoms with E-state index in [1.54, 1.807) is 25.4 Å². The Labute approximate surface area is 122 Å². The Balaban J connectivity index is 1.83. The maximum Gasteiger partial charge on any atom is 0.226 e. The maximum atomic E-state index is 12.8. The van der Waals surface area contributed by atoms with E-state index >= 15 is 0 Å². The van der Waals surface area contributed by atoms with Crippen LogP contribution < -0.4 is 10.6 Å². The van der Waals surface area contributed by atoms with E-state index in [9.17, 15) is 9.18 Å². The molecule has 1 aromatic heterocycles. The van der Waals surface area contributed by atoms with Gasteiger partial charge in [-0.25, -0.2) is 9.37 Å². The lowest BCUT2D eigenvalue weighted by Gasteiger charge is -2.02. The monoisotopic (exact) mass is 291 g/mol. The fourth-order valence-corrected chi connectivity index (χ4v) is 1.80. The lowest BCUT2D eigenvalue weighted by atomic mass is 10.2. The van der Waals surface area contributed by atoms with E-state index < -0.39 is 0 Å². The van der Waals surface area contributed by atoms with E-state index in [2.05, 4.69) is 15.6 Å². The number of oxazole rings is 1. The predicted molar refractivity (Wildman–Crippen MR) is 77.2 cm³/mol. The second kappa shape index (κ2) is 7.54. The van der Waals surface area contributed by atoms with Gasteiger partial charge < -0.3 is 15.1 Å². The van der Waals surface area contributed by atoms with Crippen molar-refractivity contribution in [2.45, 2.75) is 12.8 Å². The van der Waals surface area contributed by atoms with Gasteiger partial charge in [-0.05, 0) is 31.3 Å². The molecule has 5 nitrogen and oxygen atoms in total. The number of carbonyl (C=O) groups excluding carboxylic acids is 1. The summed E-state index contributed by atoms with van der Waals surface area (Å²) in [5, 5.41) is 5.73. The van der Waals surface area contributed by atoms with Crippen molar-refractivity contribution in [3.8, 4) is 11.5 Å². The molecule has 0 aliphatic carbocycles. The molecule has 1 aromatic carbocycles. The van der Waals surface area contributed by atoms with Crippen LogP contribution in [0.25, 0.3) is 11.5 Å². The van der Waals surface area contributed by atoms with Crippen molar-refractivity contribution in [1.82, 2.24) is 15.6 Å². The highest BCUT2D eigenvalue weighted by atomic mass is 19.1. The smallest absolute Gasteiger partial charge is 0.226 e. The maximum absolute atomic E-state index is 12.8. The molecule has 1 heterocycles. The van der Waals surface area contributed by atoms with Crippen LogP contribution in [-0.4, -0.2) is 31.0 Å². The van der Waals surface area contributed by atoms with Crippen molar-refractivity contribution in [2.24, 2.45) is 0 Å². The average molecular weight is 291 g/mol. The molecule has 2 rings (SSSR count). The molecule has 0 saturated carbocycles. The van der Waals surface area contributed by atoms with Crippen molar-refractivity contribution in [3.05, 3.63) is 42.0 Å². The van der Waals surface area contributed by atoms with E-state index in [4.69, 9.17) is 4.42 Å². The zero-order valence-corrected chi connectivity index (χ0v) is 11.9. The topological polar surface area (TPSA) is 67.2 Å². The Morgan fingerprint density at radius 2 is 2.05 bits per heavy atom. The molecular formula is C15H18FN3O2. The predicted octanol–water partition coefficient (Wildman–Crippen LogP) is 1.75. The molecule has 6 heteroatoms.